The first-order chi connectivity index (χ1) is 8.75. The van der Waals surface area contributed by atoms with Gasteiger partial charge >= 0.3 is 0 Å². The first-order valence-corrected chi connectivity index (χ1v) is 7.28. The zero-order valence-corrected chi connectivity index (χ0v) is 11.8. The summed E-state index contributed by atoms with van der Waals surface area (Å²) >= 11 is 0. The Morgan fingerprint density at radius 2 is 1.83 bits per heavy atom. The normalized spacial score (nSPS) is 14.2. The molecule has 0 unspecified atom stereocenters. The molecule has 0 atom stereocenters. The molecule has 2 rings (SSSR count). The molecule has 0 aliphatic heterocycles. The Morgan fingerprint density at radius 1 is 1.06 bits per heavy atom. The highest BCUT2D eigenvalue weighted by Gasteiger charge is 2.10. The minimum atomic E-state index is 0.738. The largest absolute Gasteiger partial charge is 0.315 e. The van der Waals surface area contributed by atoms with E-state index >= 15 is 0 Å². The van der Waals surface area contributed by atoms with Crippen LogP contribution in [0.5, 0.6) is 0 Å². The average Bonchev–Trinajstić information content (AvgIpc) is 2.80. The van der Waals surface area contributed by atoms with Crippen LogP contribution >= 0.6 is 0 Å². The van der Waals surface area contributed by atoms with Gasteiger partial charge < -0.3 is 10.6 Å². The SMILES string of the molecule is CC(C)CNCCNCc1ccc2c(c1)CCC2. The van der Waals surface area contributed by atoms with E-state index in [1.165, 1.54) is 24.8 Å². The number of rotatable bonds is 7. The number of benzene rings is 1. The predicted octanol–water partition coefficient (Wildman–Crippen LogP) is 2.51. The summed E-state index contributed by atoms with van der Waals surface area (Å²) in [5.41, 5.74) is 4.57. The van der Waals surface area contributed by atoms with E-state index in [1.54, 1.807) is 11.1 Å². The lowest BCUT2D eigenvalue weighted by Crippen LogP contribution is -2.29. The van der Waals surface area contributed by atoms with E-state index in [0.717, 1.165) is 32.1 Å². The fourth-order valence-corrected chi connectivity index (χ4v) is 2.54. The average molecular weight is 246 g/mol. The molecule has 1 aliphatic rings. The molecule has 1 aromatic rings. The van der Waals surface area contributed by atoms with Crippen molar-refractivity contribution < 1.29 is 0 Å². The molecule has 0 aromatic heterocycles. The number of hydrogen-bond acceptors (Lipinski definition) is 2. The van der Waals surface area contributed by atoms with Gasteiger partial charge in [-0.1, -0.05) is 32.0 Å². The number of fused-ring (bicyclic) bond motifs is 1. The number of nitrogens with one attached hydrogen (secondary N) is 2. The lowest BCUT2D eigenvalue weighted by atomic mass is 10.1. The van der Waals surface area contributed by atoms with E-state index in [-0.39, 0.29) is 0 Å². The Hall–Kier alpha value is -0.860. The second-order valence-corrected chi connectivity index (χ2v) is 5.73. The molecule has 0 spiro atoms. The summed E-state index contributed by atoms with van der Waals surface area (Å²) in [6, 6.07) is 6.98. The maximum atomic E-state index is 3.50. The lowest BCUT2D eigenvalue weighted by Gasteiger charge is -2.09. The van der Waals surface area contributed by atoms with Crippen molar-refractivity contribution in [1.82, 2.24) is 10.6 Å². The Morgan fingerprint density at radius 3 is 2.67 bits per heavy atom. The van der Waals surface area contributed by atoms with Crippen LogP contribution < -0.4 is 10.6 Å². The molecule has 0 amide bonds. The van der Waals surface area contributed by atoms with Crippen LogP contribution in [-0.4, -0.2) is 19.6 Å². The lowest BCUT2D eigenvalue weighted by molar-refractivity contribution is 0.535. The third-order valence-corrected chi connectivity index (χ3v) is 3.52. The van der Waals surface area contributed by atoms with Gasteiger partial charge in [0.2, 0.25) is 0 Å². The zero-order chi connectivity index (χ0) is 12.8. The molecule has 0 bridgehead atoms. The Balaban J connectivity index is 1.65. The van der Waals surface area contributed by atoms with Crippen molar-refractivity contribution in [2.24, 2.45) is 5.92 Å². The van der Waals surface area contributed by atoms with Crippen LogP contribution in [-0.2, 0) is 19.4 Å². The first-order valence-electron chi connectivity index (χ1n) is 7.28. The van der Waals surface area contributed by atoms with Crippen LogP contribution in [0.25, 0.3) is 0 Å². The molecule has 2 heteroatoms. The van der Waals surface area contributed by atoms with Crippen molar-refractivity contribution in [3.8, 4) is 0 Å². The molecule has 18 heavy (non-hydrogen) atoms. The molecule has 0 saturated carbocycles. The molecular formula is C16H26N2. The smallest absolute Gasteiger partial charge is 0.0206 e. The predicted molar refractivity (Wildman–Crippen MR) is 77.9 cm³/mol. The van der Waals surface area contributed by atoms with Crippen LogP contribution in [0.15, 0.2) is 18.2 Å². The summed E-state index contributed by atoms with van der Waals surface area (Å²) in [6.07, 6.45) is 3.90. The molecule has 0 heterocycles. The van der Waals surface area contributed by atoms with Crippen molar-refractivity contribution in [3.05, 3.63) is 34.9 Å². The van der Waals surface area contributed by atoms with E-state index in [2.05, 4.69) is 42.7 Å². The van der Waals surface area contributed by atoms with Gasteiger partial charge in [0.15, 0.2) is 0 Å². The van der Waals surface area contributed by atoms with Crippen molar-refractivity contribution in [3.63, 3.8) is 0 Å². The van der Waals surface area contributed by atoms with Gasteiger partial charge in [-0.05, 0) is 48.4 Å². The van der Waals surface area contributed by atoms with Crippen LogP contribution in [0.4, 0.5) is 0 Å². The Labute approximate surface area is 111 Å². The Bertz CT molecular complexity index is 371. The second kappa shape index (κ2) is 6.91. The van der Waals surface area contributed by atoms with Gasteiger partial charge in [-0.3, -0.25) is 0 Å². The first kappa shape index (κ1) is 13.6. The van der Waals surface area contributed by atoms with Crippen LogP contribution in [0.1, 0.15) is 37.0 Å². The van der Waals surface area contributed by atoms with Gasteiger partial charge in [-0.15, -0.1) is 0 Å². The molecular weight excluding hydrogens is 220 g/mol. The van der Waals surface area contributed by atoms with Crippen LogP contribution in [0.3, 0.4) is 0 Å². The van der Waals surface area contributed by atoms with Crippen LogP contribution in [0.2, 0.25) is 0 Å². The van der Waals surface area contributed by atoms with E-state index in [4.69, 9.17) is 0 Å². The van der Waals surface area contributed by atoms with Gasteiger partial charge in [0.25, 0.3) is 0 Å². The number of aryl methyl sites for hydroxylation is 2. The summed E-state index contributed by atoms with van der Waals surface area (Å²) in [5.74, 6) is 0.738. The molecule has 0 fully saturated rings. The van der Waals surface area contributed by atoms with Gasteiger partial charge in [-0.25, -0.2) is 0 Å². The minimum Gasteiger partial charge on any atom is -0.315 e. The van der Waals surface area contributed by atoms with Crippen LogP contribution in [0, 0.1) is 5.92 Å². The maximum absolute atomic E-state index is 3.50. The van der Waals surface area contributed by atoms with E-state index in [1.807, 2.05) is 0 Å². The Kier molecular flexibility index (Phi) is 5.21. The zero-order valence-electron chi connectivity index (χ0n) is 11.8. The molecule has 100 valence electrons. The summed E-state index contributed by atoms with van der Waals surface area (Å²) in [4.78, 5) is 0. The highest BCUT2D eigenvalue weighted by molar-refractivity contribution is 5.35. The maximum Gasteiger partial charge on any atom is 0.0206 e. The van der Waals surface area contributed by atoms with Crippen molar-refractivity contribution in [2.45, 2.75) is 39.7 Å². The monoisotopic (exact) mass is 246 g/mol. The highest BCUT2D eigenvalue weighted by atomic mass is 14.9. The van der Waals surface area contributed by atoms with Crippen molar-refractivity contribution in [2.75, 3.05) is 19.6 Å². The standard InChI is InChI=1S/C16H26N2/c1-13(2)11-17-8-9-18-12-14-6-7-15-4-3-5-16(15)10-14/h6-7,10,13,17-18H,3-5,8-9,11-12H2,1-2H3. The summed E-state index contributed by atoms with van der Waals surface area (Å²) in [5, 5.41) is 6.95. The fourth-order valence-electron chi connectivity index (χ4n) is 2.54. The van der Waals surface area contributed by atoms with Crippen molar-refractivity contribution in [1.29, 1.82) is 0 Å². The van der Waals surface area contributed by atoms with E-state index < -0.39 is 0 Å². The summed E-state index contributed by atoms with van der Waals surface area (Å²) < 4.78 is 0. The molecule has 0 radical (unpaired) electrons. The minimum absolute atomic E-state index is 0.738. The number of hydrogen-bond donors (Lipinski definition) is 2. The van der Waals surface area contributed by atoms with E-state index in [0.29, 0.717) is 0 Å². The molecule has 2 nitrogen and oxygen atoms in total. The van der Waals surface area contributed by atoms with Gasteiger partial charge in [-0.2, -0.15) is 0 Å². The molecule has 1 aromatic carbocycles. The van der Waals surface area contributed by atoms with Gasteiger partial charge in [0, 0.05) is 19.6 Å². The fraction of sp³-hybridized carbons (Fsp3) is 0.625. The van der Waals surface area contributed by atoms with E-state index in [9.17, 15) is 0 Å². The van der Waals surface area contributed by atoms with Gasteiger partial charge in [0.05, 0.1) is 0 Å². The van der Waals surface area contributed by atoms with Crippen molar-refractivity contribution >= 4 is 0 Å². The highest BCUT2D eigenvalue weighted by Crippen LogP contribution is 2.22. The molecule has 0 saturated heterocycles. The molecule has 2 N–H and O–H groups in total. The topological polar surface area (TPSA) is 24.1 Å². The third-order valence-electron chi connectivity index (χ3n) is 3.52. The van der Waals surface area contributed by atoms with Gasteiger partial charge in [0.1, 0.15) is 0 Å². The third kappa shape index (κ3) is 4.11. The quantitative estimate of drug-likeness (QED) is 0.722. The molecule has 1 aliphatic carbocycles. The second-order valence-electron chi connectivity index (χ2n) is 5.73. The summed E-state index contributed by atoms with van der Waals surface area (Å²) in [6.45, 7) is 8.69. The summed E-state index contributed by atoms with van der Waals surface area (Å²) in [7, 11) is 0.